The molecule has 0 spiro atoms. The van der Waals surface area contributed by atoms with Gasteiger partial charge in [0.2, 0.25) is 0 Å². The fourth-order valence-corrected chi connectivity index (χ4v) is 2.70. The number of ether oxygens (including phenoxy) is 1. The molecule has 0 aromatic carbocycles. The van der Waals surface area contributed by atoms with Crippen LogP contribution in [0.1, 0.15) is 26.7 Å². The van der Waals surface area contributed by atoms with Crippen molar-refractivity contribution in [3.05, 3.63) is 27.0 Å². The first-order chi connectivity index (χ1) is 8.89. The van der Waals surface area contributed by atoms with Crippen LogP contribution in [0, 0.1) is 10.1 Å². The van der Waals surface area contributed by atoms with Crippen molar-refractivity contribution >= 4 is 27.3 Å². The predicted molar refractivity (Wildman–Crippen MR) is 75.3 cm³/mol. The first-order valence-electron chi connectivity index (χ1n) is 6.07. The molecule has 1 aliphatic heterocycles. The van der Waals surface area contributed by atoms with Gasteiger partial charge >= 0.3 is 5.69 Å². The van der Waals surface area contributed by atoms with Crippen LogP contribution in [-0.4, -0.2) is 28.2 Å². The smallest absolute Gasteiger partial charge is 0.311 e. The van der Waals surface area contributed by atoms with Gasteiger partial charge in [-0.05, 0) is 42.6 Å². The first kappa shape index (κ1) is 14.2. The summed E-state index contributed by atoms with van der Waals surface area (Å²) in [6, 6.07) is 0.154. The van der Waals surface area contributed by atoms with Crippen LogP contribution < -0.4 is 5.32 Å². The molecule has 7 heteroatoms. The number of aromatic nitrogens is 1. The molecule has 104 valence electrons. The SMILES string of the molecule is CC1(C)CC(Nc2c(Br)cncc2[N+](=O)[O-])CCO1. The maximum absolute atomic E-state index is 11.0. The van der Waals surface area contributed by atoms with Crippen molar-refractivity contribution in [2.75, 3.05) is 11.9 Å². The number of anilines is 1. The van der Waals surface area contributed by atoms with E-state index >= 15 is 0 Å². The molecule has 1 aliphatic rings. The van der Waals surface area contributed by atoms with Crippen molar-refractivity contribution in [2.45, 2.75) is 38.3 Å². The molecule has 1 saturated heterocycles. The molecule has 0 bridgehead atoms. The Kier molecular flexibility index (Phi) is 4.05. The molecular formula is C12H16BrN3O3. The van der Waals surface area contributed by atoms with E-state index in [0.29, 0.717) is 16.8 Å². The molecule has 1 fully saturated rings. The molecular weight excluding hydrogens is 314 g/mol. The summed E-state index contributed by atoms with van der Waals surface area (Å²) in [4.78, 5) is 14.4. The first-order valence-corrected chi connectivity index (χ1v) is 6.87. The van der Waals surface area contributed by atoms with Crippen LogP contribution in [0.2, 0.25) is 0 Å². The Hall–Kier alpha value is -1.21. The largest absolute Gasteiger partial charge is 0.376 e. The highest BCUT2D eigenvalue weighted by atomic mass is 79.9. The lowest BCUT2D eigenvalue weighted by Crippen LogP contribution is -2.40. The molecule has 1 atom stereocenters. The monoisotopic (exact) mass is 329 g/mol. The molecule has 6 nitrogen and oxygen atoms in total. The van der Waals surface area contributed by atoms with Crippen molar-refractivity contribution in [3.8, 4) is 0 Å². The lowest BCUT2D eigenvalue weighted by Gasteiger charge is -2.36. The van der Waals surface area contributed by atoms with Crippen LogP contribution >= 0.6 is 15.9 Å². The molecule has 1 aromatic heterocycles. The molecule has 0 amide bonds. The lowest BCUT2D eigenvalue weighted by atomic mass is 9.94. The van der Waals surface area contributed by atoms with E-state index in [4.69, 9.17) is 4.74 Å². The van der Waals surface area contributed by atoms with Gasteiger partial charge in [0.25, 0.3) is 0 Å². The summed E-state index contributed by atoms with van der Waals surface area (Å²) in [7, 11) is 0. The second-order valence-corrected chi connectivity index (χ2v) is 6.07. The molecule has 0 saturated carbocycles. The normalized spacial score (nSPS) is 21.9. The highest BCUT2D eigenvalue weighted by molar-refractivity contribution is 9.10. The Labute approximate surface area is 119 Å². The van der Waals surface area contributed by atoms with Crippen LogP contribution in [0.25, 0.3) is 0 Å². The van der Waals surface area contributed by atoms with Gasteiger partial charge in [-0.1, -0.05) is 0 Å². The van der Waals surface area contributed by atoms with Gasteiger partial charge < -0.3 is 10.1 Å². The summed E-state index contributed by atoms with van der Waals surface area (Å²) >= 11 is 3.31. The minimum absolute atomic E-state index is 0.0151. The Morgan fingerprint density at radius 3 is 2.95 bits per heavy atom. The molecule has 1 N–H and O–H groups in total. The fourth-order valence-electron chi connectivity index (χ4n) is 2.27. The number of rotatable bonds is 3. The van der Waals surface area contributed by atoms with Gasteiger partial charge in [-0.2, -0.15) is 0 Å². The predicted octanol–water partition coefficient (Wildman–Crippen LogP) is 3.12. The summed E-state index contributed by atoms with van der Waals surface area (Å²) < 4.78 is 6.25. The average Bonchev–Trinajstić information content (AvgIpc) is 2.30. The van der Waals surface area contributed by atoms with Gasteiger partial charge in [-0.15, -0.1) is 0 Å². The van der Waals surface area contributed by atoms with E-state index in [2.05, 4.69) is 26.2 Å². The van der Waals surface area contributed by atoms with Gasteiger partial charge in [-0.3, -0.25) is 15.1 Å². The Bertz CT molecular complexity index is 493. The van der Waals surface area contributed by atoms with E-state index in [1.807, 2.05) is 13.8 Å². The third-order valence-corrected chi connectivity index (χ3v) is 3.72. The molecule has 2 rings (SSSR count). The summed E-state index contributed by atoms with van der Waals surface area (Å²) in [5.74, 6) is 0. The molecule has 19 heavy (non-hydrogen) atoms. The quantitative estimate of drug-likeness (QED) is 0.680. The molecule has 0 radical (unpaired) electrons. The number of nitrogens with zero attached hydrogens (tertiary/aromatic N) is 2. The third-order valence-electron chi connectivity index (χ3n) is 3.12. The summed E-state index contributed by atoms with van der Waals surface area (Å²) in [5.41, 5.74) is 0.269. The van der Waals surface area contributed by atoms with Gasteiger partial charge in [0.1, 0.15) is 11.9 Å². The zero-order valence-corrected chi connectivity index (χ0v) is 12.4. The van der Waals surface area contributed by atoms with E-state index in [0.717, 1.165) is 12.8 Å². The van der Waals surface area contributed by atoms with Crippen LogP contribution in [0.3, 0.4) is 0 Å². The number of pyridine rings is 1. The van der Waals surface area contributed by atoms with E-state index in [1.165, 1.54) is 6.20 Å². The van der Waals surface area contributed by atoms with Crippen molar-refractivity contribution in [3.63, 3.8) is 0 Å². The number of hydrogen-bond donors (Lipinski definition) is 1. The van der Waals surface area contributed by atoms with Gasteiger partial charge in [-0.25, -0.2) is 0 Å². The van der Waals surface area contributed by atoms with Crippen molar-refractivity contribution in [2.24, 2.45) is 0 Å². The second-order valence-electron chi connectivity index (χ2n) is 5.21. The molecule has 1 unspecified atom stereocenters. The maximum atomic E-state index is 11.0. The summed E-state index contributed by atoms with van der Waals surface area (Å²) in [6.45, 7) is 4.70. The highest BCUT2D eigenvalue weighted by Crippen LogP contribution is 2.34. The Balaban J connectivity index is 2.21. The Morgan fingerprint density at radius 2 is 2.32 bits per heavy atom. The van der Waals surface area contributed by atoms with Crippen LogP contribution in [-0.2, 0) is 4.74 Å². The van der Waals surface area contributed by atoms with Gasteiger partial charge in [0.15, 0.2) is 0 Å². The Morgan fingerprint density at radius 1 is 1.58 bits per heavy atom. The number of nitro groups is 1. The average molecular weight is 330 g/mol. The molecule has 1 aromatic rings. The topological polar surface area (TPSA) is 77.3 Å². The number of halogens is 1. The summed E-state index contributed by atoms with van der Waals surface area (Å²) in [5, 5.41) is 14.3. The molecule has 2 heterocycles. The van der Waals surface area contributed by atoms with E-state index < -0.39 is 4.92 Å². The van der Waals surface area contributed by atoms with Crippen molar-refractivity contribution < 1.29 is 9.66 Å². The summed E-state index contributed by atoms with van der Waals surface area (Å²) in [6.07, 6.45) is 4.45. The maximum Gasteiger partial charge on any atom is 0.311 e. The lowest BCUT2D eigenvalue weighted by molar-refractivity contribution is -0.384. The van der Waals surface area contributed by atoms with E-state index in [-0.39, 0.29) is 17.3 Å². The zero-order valence-electron chi connectivity index (χ0n) is 10.9. The second kappa shape index (κ2) is 5.42. The van der Waals surface area contributed by atoms with Crippen molar-refractivity contribution in [1.82, 2.24) is 4.98 Å². The van der Waals surface area contributed by atoms with Crippen LogP contribution in [0.4, 0.5) is 11.4 Å². The van der Waals surface area contributed by atoms with Crippen LogP contribution in [0.5, 0.6) is 0 Å². The van der Waals surface area contributed by atoms with Gasteiger partial charge in [0.05, 0.1) is 15.0 Å². The third kappa shape index (κ3) is 3.42. The van der Waals surface area contributed by atoms with Crippen LogP contribution in [0.15, 0.2) is 16.9 Å². The standard InChI is InChI=1S/C12H16BrN3O3/c1-12(2)5-8(3-4-19-12)15-11-9(13)6-14-7-10(11)16(17)18/h6-8H,3-5H2,1-2H3,(H,14,15). The van der Waals surface area contributed by atoms with E-state index in [9.17, 15) is 10.1 Å². The zero-order chi connectivity index (χ0) is 14.0. The number of nitrogens with one attached hydrogen (secondary N) is 1. The number of hydrogen-bond acceptors (Lipinski definition) is 5. The fraction of sp³-hybridized carbons (Fsp3) is 0.583. The highest BCUT2D eigenvalue weighted by Gasteiger charge is 2.30. The minimum Gasteiger partial charge on any atom is -0.376 e. The molecule has 0 aliphatic carbocycles. The van der Waals surface area contributed by atoms with E-state index in [1.54, 1.807) is 6.20 Å². The van der Waals surface area contributed by atoms with Crippen molar-refractivity contribution in [1.29, 1.82) is 0 Å². The minimum atomic E-state index is -0.426. The van der Waals surface area contributed by atoms with Gasteiger partial charge in [0, 0.05) is 18.8 Å².